The summed E-state index contributed by atoms with van der Waals surface area (Å²) in [5.41, 5.74) is 0.860. The summed E-state index contributed by atoms with van der Waals surface area (Å²) in [6.07, 6.45) is 0.369. The number of aliphatic carboxylic acids is 1. The number of hydrogen-bond acceptors (Lipinski definition) is 4. The summed E-state index contributed by atoms with van der Waals surface area (Å²) in [5.74, 6) is -0.591. The molecule has 0 atom stereocenters. The molecule has 2 rings (SSSR count). The lowest BCUT2D eigenvalue weighted by Gasteiger charge is -2.07. The van der Waals surface area contributed by atoms with E-state index < -0.39 is 5.97 Å². The van der Waals surface area contributed by atoms with Gasteiger partial charge in [-0.2, -0.15) is 0 Å². The SMILES string of the molecule is Cc1ccc(CC(=O)NCc2cccc(OCC(=O)O)c2)s1. The van der Waals surface area contributed by atoms with Crippen LogP contribution in [0.15, 0.2) is 36.4 Å². The third-order valence-electron chi connectivity index (χ3n) is 2.88. The topological polar surface area (TPSA) is 75.6 Å². The highest BCUT2D eigenvalue weighted by Gasteiger charge is 2.06. The van der Waals surface area contributed by atoms with Gasteiger partial charge in [0.15, 0.2) is 6.61 Å². The molecule has 0 saturated heterocycles. The fourth-order valence-electron chi connectivity index (χ4n) is 1.89. The Bertz CT molecular complexity index is 666. The lowest BCUT2D eigenvalue weighted by atomic mass is 10.2. The highest BCUT2D eigenvalue weighted by Crippen LogP contribution is 2.16. The molecular formula is C16H17NO4S. The molecule has 1 amide bonds. The quantitative estimate of drug-likeness (QED) is 0.821. The average molecular weight is 319 g/mol. The van der Waals surface area contributed by atoms with Gasteiger partial charge in [0.1, 0.15) is 5.75 Å². The van der Waals surface area contributed by atoms with Crippen molar-refractivity contribution in [2.45, 2.75) is 19.9 Å². The number of carbonyl (C=O) groups is 2. The van der Waals surface area contributed by atoms with Crippen LogP contribution in [-0.4, -0.2) is 23.6 Å². The minimum Gasteiger partial charge on any atom is -0.482 e. The second kappa shape index (κ2) is 7.61. The van der Waals surface area contributed by atoms with E-state index in [9.17, 15) is 9.59 Å². The Kier molecular flexibility index (Phi) is 5.55. The average Bonchev–Trinajstić information content (AvgIpc) is 2.88. The van der Waals surface area contributed by atoms with E-state index in [4.69, 9.17) is 9.84 Å². The number of rotatable bonds is 7. The Morgan fingerprint density at radius 2 is 2.09 bits per heavy atom. The molecule has 1 aromatic heterocycles. The molecule has 0 aliphatic carbocycles. The van der Waals surface area contributed by atoms with Crippen molar-refractivity contribution in [3.05, 3.63) is 51.7 Å². The van der Waals surface area contributed by atoms with Crippen LogP contribution in [-0.2, 0) is 22.6 Å². The zero-order valence-electron chi connectivity index (χ0n) is 12.2. The normalized spacial score (nSPS) is 10.2. The predicted molar refractivity (Wildman–Crippen MR) is 84.2 cm³/mol. The number of aryl methyl sites for hydroxylation is 1. The first kappa shape index (κ1) is 16.0. The van der Waals surface area contributed by atoms with Crippen molar-refractivity contribution >= 4 is 23.2 Å². The Morgan fingerprint density at radius 3 is 2.77 bits per heavy atom. The summed E-state index contributed by atoms with van der Waals surface area (Å²) in [7, 11) is 0. The molecule has 0 saturated carbocycles. The number of carbonyl (C=O) groups excluding carboxylic acids is 1. The predicted octanol–water partition coefficient (Wildman–Crippen LogP) is 2.38. The van der Waals surface area contributed by atoms with Crippen LogP contribution in [0.25, 0.3) is 0 Å². The van der Waals surface area contributed by atoms with Crippen LogP contribution >= 0.6 is 11.3 Å². The van der Waals surface area contributed by atoms with Gasteiger partial charge in [-0.25, -0.2) is 4.79 Å². The second-order valence-electron chi connectivity index (χ2n) is 4.80. The molecule has 6 heteroatoms. The molecule has 5 nitrogen and oxygen atoms in total. The van der Waals surface area contributed by atoms with Crippen molar-refractivity contribution < 1.29 is 19.4 Å². The van der Waals surface area contributed by atoms with Gasteiger partial charge >= 0.3 is 5.97 Å². The van der Waals surface area contributed by atoms with Crippen molar-refractivity contribution in [3.63, 3.8) is 0 Å². The van der Waals surface area contributed by atoms with Crippen molar-refractivity contribution in [1.29, 1.82) is 0 Å². The lowest BCUT2D eigenvalue weighted by Crippen LogP contribution is -2.24. The van der Waals surface area contributed by atoms with Crippen LogP contribution in [0.2, 0.25) is 0 Å². The molecule has 0 bridgehead atoms. The minimum atomic E-state index is -1.02. The number of hydrogen-bond donors (Lipinski definition) is 2. The Balaban J connectivity index is 1.84. The third kappa shape index (κ3) is 5.21. The molecule has 0 fully saturated rings. The van der Waals surface area contributed by atoms with Gasteiger partial charge in [-0.3, -0.25) is 4.79 Å². The van der Waals surface area contributed by atoms with Crippen LogP contribution in [0.3, 0.4) is 0 Å². The molecule has 22 heavy (non-hydrogen) atoms. The molecule has 2 N–H and O–H groups in total. The highest BCUT2D eigenvalue weighted by molar-refractivity contribution is 7.12. The number of ether oxygens (including phenoxy) is 1. The summed E-state index contributed by atoms with van der Waals surface area (Å²) in [6, 6.07) is 11.0. The maximum Gasteiger partial charge on any atom is 0.341 e. The van der Waals surface area contributed by atoms with Crippen LogP contribution < -0.4 is 10.1 Å². The number of carboxylic acids is 1. The molecule has 0 aliphatic heterocycles. The molecule has 1 heterocycles. The van der Waals surface area contributed by atoms with Gasteiger partial charge in [-0.15, -0.1) is 11.3 Å². The van der Waals surface area contributed by atoms with Gasteiger partial charge in [0.05, 0.1) is 6.42 Å². The van der Waals surface area contributed by atoms with E-state index in [-0.39, 0.29) is 12.5 Å². The Hall–Kier alpha value is -2.34. The van der Waals surface area contributed by atoms with E-state index in [1.54, 1.807) is 29.5 Å². The van der Waals surface area contributed by atoms with Crippen molar-refractivity contribution in [2.75, 3.05) is 6.61 Å². The van der Waals surface area contributed by atoms with Gasteiger partial charge in [-0.05, 0) is 36.8 Å². The van der Waals surface area contributed by atoms with Crippen molar-refractivity contribution in [1.82, 2.24) is 5.32 Å². The number of amides is 1. The Morgan fingerprint density at radius 1 is 1.27 bits per heavy atom. The minimum absolute atomic E-state index is 0.0429. The molecule has 0 radical (unpaired) electrons. The van der Waals surface area contributed by atoms with Crippen LogP contribution in [0.1, 0.15) is 15.3 Å². The maximum absolute atomic E-state index is 11.9. The first-order valence-electron chi connectivity index (χ1n) is 6.78. The lowest BCUT2D eigenvalue weighted by molar-refractivity contribution is -0.139. The summed E-state index contributed by atoms with van der Waals surface area (Å²) in [5, 5.41) is 11.4. The van der Waals surface area contributed by atoms with E-state index in [0.717, 1.165) is 10.4 Å². The zero-order chi connectivity index (χ0) is 15.9. The molecular weight excluding hydrogens is 302 g/mol. The van der Waals surface area contributed by atoms with E-state index in [1.807, 2.05) is 25.1 Å². The van der Waals surface area contributed by atoms with Crippen LogP contribution in [0.5, 0.6) is 5.75 Å². The smallest absolute Gasteiger partial charge is 0.341 e. The monoisotopic (exact) mass is 319 g/mol. The standard InChI is InChI=1S/C16H17NO4S/c1-11-5-6-14(22-11)8-15(18)17-9-12-3-2-4-13(7-12)21-10-16(19)20/h2-7H,8-10H2,1H3,(H,17,18)(H,19,20). The summed E-state index contributed by atoms with van der Waals surface area (Å²) in [6.45, 7) is 2.01. The molecule has 116 valence electrons. The van der Waals surface area contributed by atoms with Crippen LogP contribution in [0.4, 0.5) is 0 Å². The number of nitrogens with one attached hydrogen (secondary N) is 1. The van der Waals surface area contributed by atoms with E-state index in [1.165, 1.54) is 4.88 Å². The molecule has 0 spiro atoms. The third-order valence-corrected chi connectivity index (χ3v) is 3.88. The van der Waals surface area contributed by atoms with Crippen LogP contribution in [0, 0.1) is 6.92 Å². The Labute approximate surface area is 132 Å². The van der Waals surface area contributed by atoms with E-state index in [2.05, 4.69) is 5.32 Å². The highest BCUT2D eigenvalue weighted by atomic mass is 32.1. The first-order valence-corrected chi connectivity index (χ1v) is 7.60. The first-order chi connectivity index (χ1) is 10.5. The van der Waals surface area contributed by atoms with E-state index >= 15 is 0 Å². The van der Waals surface area contributed by atoms with Gasteiger partial charge in [0.25, 0.3) is 0 Å². The largest absolute Gasteiger partial charge is 0.482 e. The van der Waals surface area contributed by atoms with E-state index in [0.29, 0.717) is 18.7 Å². The number of thiophene rings is 1. The molecule has 0 unspecified atom stereocenters. The molecule has 0 aliphatic rings. The zero-order valence-corrected chi connectivity index (χ0v) is 13.0. The summed E-state index contributed by atoms with van der Waals surface area (Å²) in [4.78, 5) is 24.6. The fourth-order valence-corrected chi connectivity index (χ4v) is 2.78. The van der Waals surface area contributed by atoms with Gasteiger partial charge < -0.3 is 15.2 Å². The number of benzene rings is 1. The maximum atomic E-state index is 11.9. The molecule has 1 aromatic carbocycles. The van der Waals surface area contributed by atoms with Gasteiger partial charge in [0.2, 0.25) is 5.91 Å². The van der Waals surface area contributed by atoms with Crippen molar-refractivity contribution in [2.24, 2.45) is 0 Å². The van der Waals surface area contributed by atoms with Gasteiger partial charge in [-0.1, -0.05) is 12.1 Å². The number of carboxylic acid groups (broad SMARTS) is 1. The van der Waals surface area contributed by atoms with Gasteiger partial charge in [0, 0.05) is 16.3 Å². The summed E-state index contributed by atoms with van der Waals surface area (Å²) >= 11 is 1.61. The summed E-state index contributed by atoms with van der Waals surface area (Å²) < 4.78 is 5.10. The fraction of sp³-hybridized carbons (Fsp3) is 0.250. The second-order valence-corrected chi connectivity index (χ2v) is 6.17. The van der Waals surface area contributed by atoms with Crippen molar-refractivity contribution in [3.8, 4) is 5.75 Å². The molecule has 2 aromatic rings.